The molecule has 0 amide bonds. The topological polar surface area (TPSA) is 61.1 Å². The van der Waals surface area contributed by atoms with Crippen LogP contribution in [0.5, 0.6) is 0 Å². The molecule has 1 N–H and O–H groups in total. The number of aromatic carboxylic acids is 1. The van der Waals surface area contributed by atoms with E-state index in [9.17, 15) is 10.1 Å². The number of nitrogens with zero attached hydrogens (tertiary/aromatic N) is 1. The van der Waals surface area contributed by atoms with Crippen LogP contribution < -0.4 is 0 Å². The number of carbonyl (C=O) groups is 1. The Balaban J connectivity index is 2.51. The standard InChI is InChI=1S/C16H11NO2/c17-11-14(12-6-2-1-3-7-12)10-13-8-4-5-9-15(13)16(18)19/h1-10H,(H,18,19)/b14-10+. The molecule has 0 aliphatic carbocycles. The molecule has 0 saturated heterocycles. The number of allylic oxidation sites excluding steroid dienone is 1. The van der Waals surface area contributed by atoms with Gasteiger partial charge in [0, 0.05) is 0 Å². The smallest absolute Gasteiger partial charge is 0.336 e. The minimum atomic E-state index is -1.00. The third kappa shape index (κ3) is 2.88. The van der Waals surface area contributed by atoms with E-state index in [1.54, 1.807) is 24.3 Å². The van der Waals surface area contributed by atoms with Gasteiger partial charge in [-0.2, -0.15) is 5.26 Å². The second-order valence-corrected chi connectivity index (χ2v) is 3.93. The first-order valence-corrected chi connectivity index (χ1v) is 5.72. The second-order valence-electron chi connectivity index (χ2n) is 3.93. The van der Waals surface area contributed by atoms with E-state index in [2.05, 4.69) is 6.07 Å². The molecule has 0 heterocycles. The van der Waals surface area contributed by atoms with Gasteiger partial charge in [0.15, 0.2) is 0 Å². The van der Waals surface area contributed by atoms with E-state index in [1.165, 1.54) is 6.07 Å². The van der Waals surface area contributed by atoms with Crippen LogP contribution in [0.2, 0.25) is 0 Å². The molecular formula is C16H11NO2. The van der Waals surface area contributed by atoms with Crippen molar-refractivity contribution in [2.75, 3.05) is 0 Å². The van der Waals surface area contributed by atoms with Crippen LogP contribution in [-0.4, -0.2) is 11.1 Å². The maximum Gasteiger partial charge on any atom is 0.336 e. The highest BCUT2D eigenvalue weighted by Crippen LogP contribution is 2.19. The SMILES string of the molecule is N#C/C(=C\c1ccccc1C(=O)O)c1ccccc1. The first-order chi connectivity index (χ1) is 9.22. The lowest BCUT2D eigenvalue weighted by atomic mass is 10.0. The summed E-state index contributed by atoms with van der Waals surface area (Å²) in [4.78, 5) is 11.1. The van der Waals surface area contributed by atoms with Gasteiger partial charge in [0.1, 0.15) is 0 Å². The Morgan fingerprint density at radius 1 is 1.05 bits per heavy atom. The summed E-state index contributed by atoms with van der Waals surface area (Å²) in [7, 11) is 0. The quantitative estimate of drug-likeness (QED) is 0.669. The number of rotatable bonds is 3. The average Bonchev–Trinajstić information content (AvgIpc) is 2.46. The summed E-state index contributed by atoms with van der Waals surface area (Å²) >= 11 is 0. The molecule has 2 aromatic carbocycles. The van der Waals surface area contributed by atoms with Crippen LogP contribution in [-0.2, 0) is 0 Å². The van der Waals surface area contributed by atoms with Crippen LogP contribution in [0.25, 0.3) is 11.6 Å². The molecule has 3 nitrogen and oxygen atoms in total. The zero-order valence-corrected chi connectivity index (χ0v) is 10.1. The molecule has 0 unspecified atom stereocenters. The number of nitriles is 1. The third-order valence-corrected chi connectivity index (χ3v) is 2.70. The van der Waals surface area contributed by atoms with E-state index in [-0.39, 0.29) is 5.56 Å². The third-order valence-electron chi connectivity index (χ3n) is 2.70. The minimum Gasteiger partial charge on any atom is -0.478 e. The van der Waals surface area contributed by atoms with Gasteiger partial charge in [-0.05, 0) is 23.3 Å². The maximum atomic E-state index is 11.1. The molecule has 2 rings (SSSR count). The fraction of sp³-hybridized carbons (Fsp3) is 0. The number of benzene rings is 2. The summed E-state index contributed by atoms with van der Waals surface area (Å²) in [6.45, 7) is 0. The molecule has 0 fully saturated rings. The molecule has 0 radical (unpaired) electrons. The highest BCUT2D eigenvalue weighted by molar-refractivity contribution is 5.97. The fourth-order valence-electron chi connectivity index (χ4n) is 1.77. The first kappa shape index (κ1) is 12.6. The van der Waals surface area contributed by atoms with E-state index in [0.29, 0.717) is 11.1 Å². The average molecular weight is 249 g/mol. The largest absolute Gasteiger partial charge is 0.478 e. The molecule has 3 heteroatoms. The minimum absolute atomic E-state index is 0.186. The molecule has 0 atom stereocenters. The van der Waals surface area contributed by atoms with Crippen LogP contribution in [0.3, 0.4) is 0 Å². The van der Waals surface area contributed by atoms with Gasteiger partial charge in [-0.15, -0.1) is 0 Å². The molecule has 2 aromatic rings. The summed E-state index contributed by atoms with van der Waals surface area (Å²) in [5, 5.41) is 18.3. The highest BCUT2D eigenvalue weighted by atomic mass is 16.4. The predicted molar refractivity (Wildman–Crippen MR) is 73.3 cm³/mol. The number of carboxylic acid groups (broad SMARTS) is 1. The predicted octanol–water partition coefficient (Wildman–Crippen LogP) is 3.45. The molecule has 0 aliphatic heterocycles. The van der Waals surface area contributed by atoms with Crippen LogP contribution in [0.4, 0.5) is 0 Å². The zero-order valence-electron chi connectivity index (χ0n) is 10.1. The van der Waals surface area contributed by atoms with Crippen molar-refractivity contribution in [3.8, 4) is 6.07 Å². The summed E-state index contributed by atoms with van der Waals surface area (Å²) in [5.41, 5.74) is 1.92. The summed E-state index contributed by atoms with van der Waals surface area (Å²) < 4.78 is 0. The Morgan fingerprint density at radius 3 is 2.32 bits per heavy atom. The van der Waals surface area contributed by atoms with Gasteiger partial charge in [0.25, 0.3) is 0 Å². The molecule has 19 heavy (non-hydrogen) atoms. The van der Waals surface area contributed by atoms with Gasteiger partial charge in [0.05, 0.1) is 17.2 Å². The van der Waals surface area contributed by atoms with Crippen LogP contribution in [0, 0.1) is 11.3 Å². The Hall–Kier alpha value is -2.86. The molecule has 0 saturated carbocycles. The first-order valence-electron chi connectivity index (χ1n) is 5.72. The van der Waals surface area contributed by atoms with Gasteiger partial charge in [-0.1, -0.05) is 48.5 Å². The lowest BCUT2D eigenvalue weighted by molar-refractivity contribution is 0.0696. The van der Waals surface area contributed by atoms with E-state index in [4.69, 9.17) is 5.11 Å². The molecule has 0 aliphatic rings. The Morgan fingerprint density at radius 2 is 1.68 bits per heavy atom. The van der Waals surface area contributed by atoms with E-state index in [0.717, 1.165) is 5.56 Å². The molecule has 0 spiro atoms. The monoisotopic (exact) mass is 249 g/mol. The van der Waals surface area contributed by atoms with Gasteiger partial charge in [0.2, 0.25) is 0 Å². The lowest BCUT2D eigenvalue weighted by Gasteiger charge is -2.02. The van der Waals surface area contributed by atoms with Crippen LogP contribution in [0.1, 0.15) is 21.5 Å². The maximum absolute atomic E-state index is 11.1. The van der Waals surface area contributed by atoms with Gasteiger partial charge in [-0.25, -0.2) is 4.79 Å². The van der Waals surface area contributed by atoms with Crippen molar-refractivity contribution in [1.82, 2.24) is 0 Å². The van der Waals surface area contributed by atoms with Crippen molar-refractivity contribution in [2.24, 2.45) is 0 Å². The van der Waals surface area contributed by atoms with Crippen molar-refractivity contribution >= 4 is 17.6 Å². The Labute approximate surface area is 111 Å². The molecule has 0 bridgehead atoms. The van der Waals surface area contributed by atoms with Gasteiger partial charge < -0.3 is 5.11 Å². The summed E-state index contributed by atoms with van der Waals surface area (Å²) in [5.74, 6) is -1.00. The number of carboxylic acids is 1. The highest BCUT2D eigenvalue weighted by Gasteiger charge is 2.08. The fourth-order valence-corrected chi connectivity index (χ4v) is 1.77. The molecule has 0 aromatic heterocycles. The van der Waals surface area contributed by atoms with E-state index in [1.807, 2.05) is 30.3 Å². The van der Waals surface area contributed by atoms with E-state index < -0.39 is 5.97 Å². The Bertz CT molecular complexity index is 667. The molecule has 92 valence electrons. The van der Waals surface area contributed by atoms with Crippen molar-refractivity contribution in [1.29, 1.82) is 5.26 Å². The Kier molecular flexibility index (Phi) is 3.75. The number of hydrogen-bond donors (Lipinski definition) is 1. The van der Waals surface area contributed by atoms with Crippen molar-refractivity contribution < 1.29 is 9.90 Å². The normalized spacial score (nSPS) is 10.8. The van der Waals surface area contributed by atoms with Crippen molar-refractivity contribution in [3.05, 3.63) is 71.3 Å². The summed E-state index contributed by atoms with van der Waals surface area (Å²) in [6.07, 6.45) is 1.60. The van der Waals surface area contributed by atoms with Crippen LogP contribution in [0.15, 0.2) is 54.6 Å². The van der Waals surface area contributed by atoms with Crippen molar-refractivity contribution in [3.63, 3.8) is 0 Å². The van der Waals surface area contributed by atoms with Gasteiger partial charge >= 0.3 is 5.97 Å². The summed E-state index contributed by atoms with van der Waals surface area (Å²) in [6, 6.07) is 17.9. The second kappa shape index (κ2) is 5.65. The van der Waals surface area contributed by atoms with E-state index >= 15 is 0 Å². The molecular weight excluding hydrogens is 238 g/mol. The van der Waals surface area contributed by atoms with Gasteiger partial charge in [-0.3, -0.25) is 0 Å². The zero-order chi connectivity index (χ0) is 13.7. The lowest BCUT2D eigenvalue weighted by Crippen LogP contribution is -1.99. The van der Waals surface area contributed by atoms with Crippen LogP contribution >= 0.6 is 0 Å². The van der Waals surface area contributed by atoms with Crippen molar-refractivity contribution in [2.45, 2.75) is 0 Å². The number of hydrogen-bond acceptors (Lipinski definition) is 2.